The first kappa shape index (κ1) is 34.5. The predicted molar refractivity (Wildman–Crippen MR) is 149 cm³/mol. The molecule has 14 heteroatoms. The van der Waals surface area contributed by atoms with E-state index in [1.54, 1.807) is 6.07 Å². The average molecular weight is 669 g/mol. The molecule has 0 N–H and O–H groups in total. The van der Waals surface area contributed by atoms with Crippen LogP contribution in [0.25, 0.3) is 0 Å². The van der Waals surface area contributed by atoms with Crippen LogP contribution in [0.3, 0.4) is 0 Å². The Morgan fingerprint density at radius 2 is 1.51 bits per heavy atom. The van der Waals surface area contributed by atoms with Crippen LogP contribution in [0.2, 0.25) is 0 Å². The molecule has 0 saturated carbocycles. The lowest BCUT2D eigenvalue weighted by Crippen LogP contribution is -2.57. The molecule has 0 bridgehead atoms. The van der Waals surface area contributed by atoms with E-state index in [9.17, 15) is 39.3 Å². The Balaban J connectivity index is 1.75. The molecule has 1 aliphatic carbocycles. The Kier molecular flexibility index (Phi) is 9.50. The molecule has 0 amide bonds. The van der Waals surface area contributed by atoms with Gasteiger partial charge in [-0.05, 0) is 74.4 Å². The van der Waals surface area contributed by atoms with Crippen LogP contribution in [0.15, 0.2) is 60.7 Å². The van der Waals surface area contributed by atoms with E-state index in [2.05, 4.69) is 4.18 Å². The standard InChI is InChI=1S/C31H29F9O4S/c1-28(2,3)43-19-11-13-21-18(14-19)10-12-20(17-8-6-5-7-9-17)26(21)22-15-23(32)25(16-24(22)42-4)44-45(41)27(33)29(34,35)30(36,37)31(38,39)40/h5-9,11,13-16,20,26-27H,10,12H2,1-4H3. The van der Waals surface area contributed by atoms with Crippen molar-refractivity contribution in [3.05, 3.63) is 88.7 Å². The zero-order valence-corrected chi connectivity index (χ0v) is 25.2. The number of fused-ring (bicyclic) bond motifs is 1. The smallest absolute Gasteiger partial charge is 0.460 e. The molecule has 3 aromatic rings. The van der Waals surface area contributed by atoms with E-state index in [1.165, 1.54) is 7.11 Å². The van der Waals surface area contributed by atoms with Gasteiger partial charge < -0.3 is 13.7 Å². The quantitative estimate of drug-likeness (QED) is 0.214. The second-order valence-electron chi connectivity index (χ2n) is 11.5. The van der Waals surface area contributed by atoms with Crippen LogP contribution < -0.4 is 13.7 Å². The van der Waals surface area contributed by atoms with Gasteiger partial charge in [-0.2, -0.15) is 30.7 Å². The number of rotatable bonds is 9. The highest BCUT2D eigenvalue weighted by Gasteiger charge is 2.77. The molecule has 246 valence electrons. The predicted octanol–water partition coefficient (Wildman–Crippen LogP) is 9.04. The van der Waals surface area contributed by atoms with Gasteiger partial charge in [0.25, 0.3) is 5.50 Å². The zero-order valence-electron chi connectivity index (χ0n) is 24.4. The van der Waals surface area contributed by atoms with Crippen molar-refractivity contribution in [3.63, 3.8) is 0 Å². The number of methoxy groups -OCH3 is 1. The molecule has 4 atom stereocenters. The first-order valence-corrected chi connectivity index (χ1v) is 14.7. The molecule has 4 unspecified atom stereocenters. The molecular formula is C31H29F9O4S. The van der Waals surface area contributed by atoms with Crippen LogP contribution >= 0.6 is 0 Å². The van der Waals surface area contributed by atoms with E-state index in [0.717, 1.165) is 28.8 Å². The summed E-state index contributed by atoms with van der Waals surface area (Å²) >= 11 is -4.19. The first-order chi connectivity index (χ1) is 20.8. The van der Waals surface area contributed by atoms with Crippen molar-refractivity contribution in [2.45, 2.75) is 74.6 Å². The summed E-state index contributed by atoms with van der Waals surface area (Å²) in [6, 6.07) is 16.4. The minimum Gasteiger partial charge on any atom is -0.496 e. The van der Waals surface area contributed by atoms with Crippen LogP contribution in [-0.4, -0.2) is 40.4 Å². The lowest BCUT2D eigenvalue weighted by molar-refractivity contribution is -0.359. The maximum atomic E-state index is 15.4. The van der Waals surface area contributed by atoms with Gasteiger partial charge in [0.1, 0.15) is 17.1 Å². The summed E-state index contributed by atoms with van der Waals surface area (Å²) < 4.78 is 149. The average Bonchev–Trinajstić information content (AvgIpc) is 2.95. The fraction of sp³-hybridized carbons (Fsp3) is 0.419. The van der Waals surface area contributed by atoms with Crippen LogP contribution in [0.1, 0.15) is 61.3 Å². The SMILES string of the molecule is COc1cc(OS(=O)C(F)C(F)(F)C(F)(F)C(F)(F)F)c(F)cc1C1c2ccc(OC(C)(C)C)cc2CCC1c1ccccc1. The van der Waals surface area contributed by atoms with Gasteiger partial charge >= 0.3 is 18.0 Å². The second kappa shape index (κ2) is 12.4. The van der Waals surface area contributed by atoms with Crippen molar-refractivity contribution < 1.29 is 57.4 Å². The lowest BCUT2D eigenvalue weighted by Gasteiger charge is -2.36. The van der Waals surface area contributed by atoms with Crippen molar-refractivity contribution in [1.29, 1.82) is 0 Å². The molecule has 4 rings (SSSR count). The molecule has 1 aliphatic rings. The van der Waals surface area contributed by atoms with Gasteiger partial charge in [0.05, 0.1) is 7.11 Å². The largest absolute Gasteiger partial charge is 0.496 e. The third-order valence-corrected chi connectivity index (χ3v) is 8.23. The molecule has 0 heterocycles. The number of halogens is 9. The van der Waals surface area contributed by atoms with Gasteiger partial charge in [0.15, 0.2) is 11.6 Å². The van der Waals surface area contributed by atoms with Gasteiger partial charge in [-0.15, -0.1) is 0 Å². The molecule has 0 aromatic heterocycles. The number of aryl methyl sites for hydroxylation is 1. The minimum atomic E-state index is -6.89. The third kappa shape index (κ3) is 6.90. The molecule has 4 nitrogen and oxygen atoms in total. The van der Waals surface area contributed by atoms with Crippen molar-refractivity contribution >= 4 is 11.1 Å². The summed E-state index contributed by atoms with van der Waals surface area (Å²) in [5.74, 6) is -16.3. The molecule has 0 saturated heterocycles. The third-order valence-electron chi connectivity index (χ3n) is 7.25. The number of hydrogen-bond donors (Lipinski definition) is 0. The van der Waals surface area contributed by atoms with Crippen molar-refractivity contribution in [3.8, 4) is 17.2 Å². The monoisotopic (exact) mass is 668 g/mol. The summed E-state index contributed by atoms with van der Waals surface area (Å²) in [5, 5.41) is 0. The highest BCUT2D eigenvalue weighted by Crippen LogP contribution is 2.52. The fourth-order valence-corrected chi connectivity index (χ4v) is 6.05. The van der Waals surface area contributed by atoms with E-state index < -0.39 is 57.7 Å². The lowest BCUT2D eigenvalue weighted by atomic mass is 9.69. The van der Waals surface area contributed by atoms with Crippen LogP contribution in [0, 0.1) is 5.82 Å². The summed E-state index contributed by atoms with van der Waals surface area (Å²) in [6.07, 6.45) is -5.64. The van der Waals surface area contributed by atoms with Crippen LogP contribution in [0.5, 0.6) is 17.2 Å². The molecule has 3 aromatic carbocycles. The Morgan fingerprint density at radius 3 is 2.09 bits per heavy atom. The summed E-state index contributed by atoms with van der Waals surface area (Å²) in [4.78, 5) is 0. The number of benzene rings is 3. The highest BCUT2D eigenvalue weighted by atomic mass is 32.2. The van der Waals surface area contributed by atoms with Crippen molar-refractivity contribution in [2.75, 3.05) is 7.11 Å². The van der Waals surface area contributed by atoms with Crippen molar-refractivity contribution in [1.82, 2.24) is 0 Å². The second-order valence-corrected chi connectivity index (χ2v) is 12.6. The number of hydrogen-bond acceptors (Lipinski definition) is 4. The zero-order chi connectivity index (χ0) is 33.5. The number of ether oxygens (including phenoxy) is 2. The molecule has 0 spiro atoms. The molecule has 45 heavy (non-hydrogen) atoms. The van der Waals surface area contributed by atoms with Gasteiger partial charge in [0.2, 0.25) is 11.1 Å². The maximum Gasteiger partial charge on any atom is 0.460 e. The van der Waals surface area contributed by atoms with E-state index in [0.29, 0.717) is 18.6 Å². The van der Waals surface area contributed by atoms with E-state index in [4.69, 9.17) is 9.47 Å². The van der Waals surface area contributed by atoms with Crippen LogP contribution in [0.4, 0.5) is 39.5 Å². The molecule has 0 fully saturated rings. The first-order valence-electron chi connectivity index (χ1n) is 13.6. The Labute approximate surface area is 256 Å². The molecule has 0 radical (unpaired) electrons. The van der Waals surface area contributed by atoms with E-state index in [-0.39, 0.29) is 17.2 Å². The van der Waals surface area contributed by atoms with Crippen molar-refractivity contribution in [2.24, 2.45) is 0 Å². The normalized spacial score (nSPS) is 19.0. The fourth-order valence-electron chi connectivity index (χ4n) is 5.27. The Hall–Kier alpha value is -3.42. The minimum absolute atomic E-state index is 0.125. The summed E-state index contributed by atoms with van der Waals surface area (Å²) in [7, 11) is 1.18. The maximum absolute atomic E-state index is 15.4. The summed E-state index contributed by atoms with van der Waals surface area (Å²) in [6.45, 7) is 5.66. The highest BCUT2D eigenvalue weighted by molar-refractivity contribution is 7.81. The van der Waals surface area contributed by atoms with E-state index >= 15 is 4.39 Å². The van der Waals surface area contributed by atoms with Gasteiger partial charge in [-0.3, -0.25) is 0 Å². The Bertz CT molecular complexity index is 1540. The van der Waals surface area contributed by atoms with Gasteiger partial charge in [0, 0.05) is 17.5 Å². The van der Waals surface area contributed by atoms with Gasteiger partial charge in [-0.25, -0.2) is 13.0 Å². The summed E-state index contributed by atoms with van der Waals surface area (Å²) in [5.41, 5.74) is -2.34. The molecular weight excluding hydrogens is 639 g/mol. The van der Waals surface area contributed by atoms with E-state index in [1.807, 2.05) is 63.2 Å². The molecule has 0 aliphatic heterocycles. The Morgan fingerprint density at radius 1 is 0.867 bits per heavy atom. The van der Waals surface area contributed by atoms with Gasteiger partial charge in [-0.1, -0.05) is 36.4 Å². The van der Waals surface area contributed by atoms with Crippen LogP contribution in [-0.2, 0) is 17.5 Å². The number of alkyl halides is 8. The topological polar surface area (TPSA) is 44.8 Å².